The summed E-state index contributed by atoms with van der Waals surface area (Å²) in [5.41, 5.74) is 0.912. The van der Waals surface area contributed by atoms with Gasteiger partial charge >= 0.3 is 0 Å². The molecule has 2 fully saturated rings. The third kappa shape index (κ3) is 6.12. The van der Waals surface area contributed by atoms with Gasteiger partial charge < -0.3 is 0 Å². The van der Waals surface area contributed by atoms with E-state index in [0.717, 1.165) is 36.2 Å². The first-order valence-electron chi connectivity index (χ1n) is 10.8. The molecule has 0 heterocycles. The number of hydrogen-bond donors (Lipinski definition) is 0. The second kappa shape index (κ2) is 10.3. The monoisotopic (exact) mass is 378 g/mol. The highest BCUT2D eigenvalue weighted by Crippen LogP contribution is 2.42. The molecule has 0 spiro atoms. The molecule has 0 bridgehead atoms. The van der Waals surface area contributed by atoms with Gasteiger partial charge in [0, 0.05) is 0 Å². The average Bonchev–Trinajstić information content (AvgIpc) is 2.70. The van der Waals surface area contributed by atoms with Gasteiger partial charge in [-0.15, -0.1) is 0 Å². The minimum Gasteiger partial charge on any atom is -0.251 e. The van der Waals surface area contributed by atoms with Gasteiger partial charge in [0.25, 0.3) is 0 Å². The molecule has 0 amide bonds. The second-order valence-electron chi connectivity index (χ2n) is 8.65. The lowest BCUT2D eigenvalue weighted by atomic mass is 9.68. The molecule has 2 aliphatic rings. The third-order valence-corrected chi connectivity index (χ3v) is 6.88. The second-order valence-corrected chi connectivity index (χ2v) is 8.65. The maximum atomic E-state index is 13.3. The van der Waals surface area contributed by atoms with Gasteiger partial charge in [0.2, 0.25) is 0 Å². The van der Waals surface area contributed by atoms with Crippen molar-refractivity contribution in [2.45, 2.75) is 70.6 Å². The Balaban J connectivity index is 1.36. The van der Waals surface area contributed by atoms with Crippen molar-refractivity contribution in [3.8, 4) is 0 Å². The van der Waals surface area contributed by atoms with Crippen molar-refractivity contribution in [2.24, 2.45) is 23.7 Å². The van der Waals surface area contributed by atoms with E-state index in [1.54, 1.807) is 6.07 Å². The van der Waals surface area contributed by atoms with Crippen LogP contribution in [0.25, 0.3) is 0 Å². The van der Waals surface area contributed by atoms with Crippen LogP contribution >= 0.6 is 0 Å². The number of benzene rings is 1. The maximum Gasteiger partial charge on any atom is 0.159 e. The van der Waals surface area contributed by atoms with Crippen LogP contribution in [0, 0.1) is 35.3 Å². The molecule has 150 valence electrons. The van der Waals surface area contributed by atoms with Crippen molar-refractivity contribution < 1.29 is 13.2 Å². The van der Waals surface area contributed by atoms with Crippen molar-refractivity contribution in [2.75, 3.05) is 6.67 Å². The molecular formula is C24H33F3. The van der Waals surface area contributed by atoms with Crippen molar-refractivity contribution >= 4 is 0 Å². The van der Waals surface area contributed by atoms with Gasteiger partial charge in [-0.1, -0.05) is 31.1 Å². The first kappa shape index (κ1) is 20.5. The van der Waals surface area contributed by atoms with Crippen LogP contribution in [0.15, 0.2) is 30.4 Å². The lowest BCUT2D eigenvalue weighted by Crippen LogP contribution is -2.25. The van der Waals surface area contributed by atoms with Gasteiger partial charge in [-0.05, 0) is 99.2 Å². The fourth-order valence-corrected chi connectivity index (χ4v) is 5.17. The van der Waals surface area contributed by atoms with Gasteiger partial charge in [0.15, 0.2) is 11.6 Å². The van der Waals surface area contributed by atoms with E-state index in [2.05, 4.69) is 6.08 Å². The molecule has 2 aliphatic carbocycles. The van der Waals surface area contributed by atoms with Crippen LogP contribution in [0.4, 0.5) is 13.2 Å². The Morgan fingerprint density at radius 2 is 1.52 bits per heavy atom. The Kier molecular flexibility index (Phi) is 7.84. The molecule has 0 aliphatic heterocycles. The van der Waals surface area contributed by atoms with E-state index in [1.165, 1.54) is 63.5 Å². The molecular weight excluding hydrogens is 345 g/mol. The number of hydrogen-bond acceptors (Lipinski definition) is 0. The molecule has 2 saturated carbocycles. The molecule has 0 N–H and O–H groups in total. The first-order chi connectivity index (χ1) is 13.2. The third-order valence-electron chi connectivity index (χ3n) is 6.88. The minimum absolute atomic E-state index is 0.245. The molecule has 1 aromatic carbocycles. The zero-order valence-corrected chi connectivity index (χ0v) is 16.3. The van der Waals surface area contributed by atoms with Gasteiger partial charge in [0.1, 0.15) is 0 Å². The van der Waals surface area contributed by atoms with Gasteiger partial charge in [-0.25, -0.2) is 8.78 Å². The molecule has 1 aromatic rings. The standard InChI is InChI=1S/C24H33F3/c25-16-2-1-3-18-6-11-21(12-7-18)22-13-8-19(9-14-22)4-5-20-10-15-23(26)24(27)17-20/h1,3,10,15,17-19,21-22H,2,4-9,11-14,16H2/t18-,19-,21-,22-. The smallest absolute Gasteiger partial charge is 0.159 e. The van der Waals surface area contributed by atoms with E-state index >= 15 is 0 Å². The summed E-state index contributed by atoms with van der Waals surface area (Å²) in [6, 6.07) is 4.30. The predicted molar refractivity (Wildman–Crippen MR) is 105 cm³/mol. The van der Waals surface area contributed by atoms with Crippen LogP contribution in [0.1, 0.15) is 69.8 Å². The number of alkyl halides is 1. The van der Waals surface area contributed by atoms with Crippen LogP contribution < -0.4 is 0 Å². The fraction of sp³-hybridized carbons (Fsp3) is 0.667. The number of aryl methyl sites for hydroxylation is 1. The zero-order valence-electron chi connectivity index (χ0n) is 16.3. The Labute approximate surface area is 162 Å². The highest BCUT2D eigenvalue weighted by atomic mass is 19.2. The summed E-state index contributed by atoms with van der Waals surface area (Å²) >= 11 is 0. The van der Waals surface area contributed by atoms with E-state index in [4.69, 9.17) is 0 Å². The summed E-state index contributed by atoms with van der Waals surface area (Å²) in [5, 5.41) is 0. The van der Waals surface area contributed by atoms with E-state index < -0.39 is 11.6 Å². The number of rotatable bonds is 7. The summed E-state index contributed by atoms with van der Waals surface area (Å²) in [7, 11) is 0. The SMILES string of the molecule is FCCC=C[C@H]1CC[C@H]([C@H]2CC[C@H](CCc3ccc(F)c(F)c3)CC2)CC1. The van der Waals surface area contributed by atoms with Crippen LogP contribution in [0.2, 0.25) is 0 Å². The van der Waals surface area contributed by atoms with Crippen LogP contribution in [-0.4, -0.2) is 6.67 Å². The molecule has 3 rings (SSSR count). The van der Waals surface area contributed by atoms with Crippen LogP contribution in [-0.2, 0) is 6.42 Å². The van der Waals surface area contributed by atoms with Crippen molar-refractivity contribution in [3.63, 3.8) is 0 Å². The highest BCUT2D eigenvalue weighted by Gasteiger charge is 2.30. The summed E-state index contributed by atoms with van der Waals surface area (Å²) < 4.78 is 38.5. The fourth-order valence-electron chi connectivity index (χ4n) is 5.17. The average molecular weight is 379 g/mol. The van der Waals surface area contributed by atoms with Crippen LogP contribution in [0.3, 0.4) is 0 Å². The topological polar surface area (TPSA) is 0 Å². The zero-order chi connectivity index (χ0) is 19.1. The summed E-state index contributed by atoms with van der Waals surface area (Å²) in [4.78, 5) is 0. The van der Waals surface area contributed by atoms with E-state index in [0.29, 0.717) is 12.3 Å². The van der Waals surface area contributed by atoms with Gasteiger partial charge in [0.05, 0.1) is 6.67 Å². The largest absolute Gasteiger partial charge is 0.251 e. The lowest BCUT2D eigenvalue weighted by molar-refractivity contribution is 0.152. The van der Waals surface area contributed by atoms with Crippen molar-refractivity contribution in [1.29, 1.82) is 0 Å². The first-order valence-corrected chi connectivity index (χ1v) is 10.8. The predicted octanol–water partition coefficient (Wildman–Crippen LogP) is 7.43. The molecule has 0 nitrogen and oxygen atoms in total. The quantitative estimate of drug-likeness (QED) is 0.433. The van der Waals surface area contributed by atoms with Crippen molar-refractivity contribution in [3.05, 3.63) is 47.5 Å². The van der Waals surface area contributed by atoms with E-state index in [1.807, 2.05) is 6.08 Å². The molecule has 0 atom stereocenters. The highest BCUT2D eigenvalue weighted by molar-refractivity contribution is 5.17. The Bertz CT molecular complexity index is 594. The molecule has 0 unspecified atom stereocenters. The minimum atomic E-state index is -0.758. The summed E-state index contributed by atoms with van der Waals surface area (Å²) in [6.07, 6.45) is 17.2. The van der Waals surface area contributed by atoms with Gasteiger partial charge in [-0.3, -0.25) is 4.39 Å². The number of halogens is 3. The molecule has 3 heteroatoms. The Morgan fingerprint density at radius 3 is 2.15 bits per heavy atom. The Hall–Kier alpha value is -1.25. The molecule has 0 radical (unpaired) electrons. The lowest BCUT2D eigenvalue weighted by Gasteiger charge is -2.37. The van der Waals surface area contributed by atoms with Gasteiger partial charge in [-0.2, -0.15) is 0 Å². The normalized spacial score (nSPS) is 29.3. The van der Waals surface area contributed by atoms with E-state index in [9.17, 15) is 13.2 Å². The summed E-state index contributed by atoms with van der Waals surface area (Å²) in [6.45, 7) is -0.245. The maximum absolute atomic E-state index is 13.3. The molecule has 0 saturated heterocycles. The molecule has 27 heavy (non-hydrogen) atoms. The van der Waals surface area contributed by atoms with E-state index in [-0.39, 0.29) is 6.67 Å². The van der Waals surface area contributed by atoms with Crippen molar-refractivity contribution in [1.82, 2.24) is 0 Å². The molecule has 0 aromatic heterocycles. The summed E-state index contributed by atoms with van der Waals surface area (Å²) in [5.74, 6) is 1.66. The van der Waals surface area contributed by atoms with Crippen LogP contribution in [0.5, 0.6) is 0 Å². The number of allylic oxidation sites excluding steroid dienone is 2. The Morgan fingerprint density at radius 1 is 0.852 bits per heavy atom.